The smallest absolute Gasteiger partial charge is 0.123 e. The predicted molar refractivity (Wildman–Crippen MR) is 88.5 cm³/mol. The zero-order valence-corrected chi connectivity index (χ0v) is 14.5. The molecule has 4 fully saturated rings. The monoisotopic (exact) mass is 304 g/mol. The molecule has 1 heterocycles. The minimum atomic E-state index is -0.240. The van der Waals surface area contributed by atoms with Crippen LogP contribution < -0.4 is 0 Å². The number of hydrogen-bond donors (Lipinski definition) is 1. The standard InChI is InChI=1S/C20H32O2/c1-5-17(2)10-11-18(3)14(12-17)8-9-19(4)15(18)6-7-16(21)20(19)13-22-20/h5,14-16,21H,1,6-13H2,2-4H3. The van der Waals surface area contributed by atoms with Crippen molar-refractivity contribution in [3.05, 3.63) is 12.7 Å². The van der Waals surface area contributed by atoms with Gasteiger partial charge in [-0.15, -0.1) is 6.58 Å². The summed E-state index contributed by atoms with van der Waals surface area (Å²) in [6.45, 7) is 12.3. The van der Waals surface area contributed by atoms with Crippen LogP contribution >= 0.6 is 0 Å². The fourth-order valence-corrected chi connectivity index (χ4v) is 6.80. The fourth-order valence-electron chi connectivity index (χ4n) is 6.80. The van der Waals surface area contributed by atoms with Crippen LogP contribution in [0.15, 0.2) is 12.7 Å². The lowest BCUT2D eigenvalue weighted by Crippen LogP contribution is -2.62. The number of aliphatic hydroxyl groups excluding tert-OH is 1. The molecule has 7 unspecified atom stereocenters. The second-order valence-electron chi connectivity index (χ2n) is 9.55. The lowest BCUT2D eigenvalue weighted by molar-refractivity contribution is -0.177. The lowest BCUT2D eigenvalue weighted by atomic mass is 9.41. The van der Waals surface area contributed by atoms with Crippen LogP contribution in [0, 0.1) is 28.1 Å². The Morgan fingerprint density at radius 1 is 1.09 bits per heavy atom. The summed E-state index contributed by atoms with van der Waals surface area (Å²) in [6, 6.07) is 0. The van der Waals surface area contributed by atoms with Gasteiger partial charge in [0.15, 0.2) is 0 Å². The minimum absolute atomic E-state index is 0.178. The van der Waals surface area contributed by atoms with Crippen molar-refractivity contribution >= 4 is 0 Å². The SMILES string of the molecule is C=CC1(C)CCC2(C)C(CCC3(C)C2CCC(O)C32CO2)C1. The van der Waals surface area contributed by atoms with E-state index in [1.807, 2.05) is 0 Å². The van der Waals surface area contributed by atoms with Crippen molar-refractivity contribution < 1.29 is 9.84 Å². The molecule has 1 N–H and O–H groups in total. The van der Waals surface area contributed by atoms with Crippen molar-refractivity contribution in [1.29, 1.82) is 0 Å². The normalized spacial score (nSPS) is 60.5. The van der Waals surface area contributed by atoms with Gasteiger partial charge in [0.25, 0.3) is 0 Å². The summed E-state index contributed by atoms with van der Waals surface area (Å²) < 4.78 is 5.94. The van der Waals surface area contributed by atoms with E-state index in [4.69, 9.17) is 4.74 Å². The van der Waals surface area contributed by atoms with E-state index in [1.165, 1.54) is 38.5 Å². The molecule has 4 aliphatic rings. The summed E-state index contributed by atoms with van der Waals surface area (Å²) >= 11 is 0. The van der Waals surface area contributed by atoms with E-state index >= 15 is 0 Å². The molecule has 0 aromatic heterocycles. The van der Waals surface area contributed by atoms with Gasteiger partial charge >= 0.3 is 0 Å². The fraction of sp³-hybridized carbons (Fsp3) is 0.900. The Hall–Kier alpha value is -0.340. The lowest BCUT2D eigenvalue weighted by Gasteiger charge is -2.64. The third-order valence-corrected chi connectivity index (χ3v) is 8.64. The van der Waals surface area contributed by atoms with E-state index in [0.29, 0.717) is 16.7 Å². The molecule has 2 nitrogen and oxygen atoms in total. The van der Waals surface area contributed by atoms with E-state index in [1.54, 1.807) is 0 Å². The Morgan fingerprint density at radius 3 is 2.45 bits per heavy atom. The highest BCUT2D eigenvalue weighted by Crippen LogP contribution is 2.70. The molecule has 1 spiro atoms. The zero-order chi connectivity index (χ0) is 15.8. The van der Waals surface area contributed by atoms with Gasteiger partial charge in [-0.2, -0.15) is 0 Å². The molecule has 1 aliphatic heterocycles. The number of ether oxygens (including phenoxy) is 1. The third-order valence-electron chi connectivity index (χ3n) is 8.64. The molecule has 124 valence electrons. The maximum atomic E-state index is 10.6. The average Bonchev–Trinajstić information content (AvgIpc) is 3.28. The molecule has 0 radical (unpaired) electrons. The van der Waals surface area contributed by atoms with Crippen LogP contribution in [-0.4, -0.2) is 23.4 Å². The van der Waals surface area contributed by atoms with Crippen molar-refractivity contribution in [3.8, 4) is 0 Å². The van der Waals surface area contributed by atoms with Gasteiger partial charge in [-0.1, -0.05) is 26.8 Å². The molecule has 3 saturated carbocycles. The van der Waals surface area contributed by atoms with Crippen molar-refractivity contribution in [3.63, 3.8) is 0 Å². The summed E-state index contributed by atoms with van der Waals surface area (Å²) in [5, 5.41) is 10.6. The molecule has 3 aliphatic carbocycles. The highest BCUT2D eigenvalue weighted by molar-refractivity contribution is 5.21. The highest BCUT2D eigenvalue weighted by atomic mass is 16.6. The predicted octanol–water partition coefficient (Wildman–Crippen LogP) is 4.33. The Balaban J connectivity index is 1.68. The molecule has 0 bridgehead atoms. The number of aliphatic hydroxyl groups is 1. The van der Waals surface area contributed by atoms with Crippen LogP contribution in [0.5, 0.6) is 0 Å². The Bertz CT molecular complexity index is 496. The minimum Gasteiger partial charge on any atom is -0.390 e. The van der Waals surface area contributed by atoms with Gasteiger partial charge in [-0.25, -0.2) is 0 Å². The molecule has 1 saturated heterocycles. The molecular weight excluding hydrogens is 272 g/mol. The van der Waals surface area contributed by atoms with Gasteiger partial charge < -0.3 is 9.84 Å². The molecular formula is C20H32O2. The number of allylic oxidation sites excluding steroid dienone is 1. The molecule has 0 amide bonds. The van der Waals surface area contributed by atoms with Crippen LogP contribution in [0.25, 0.3) is 0 Å². The Labute approximate surface area is 135 Å². The van der Waals surface area contributed by atoms with Crippen molar-refractivity contribution in [2.45, 2.75) is 77.4 Å². The second-order valence-corrected chi connectivity index (χ2v) is 9.55. The van der Waals surface area contributed by atoms with E-state index in [9.17, 15) is 5.11 Å². The van der Waals surface area contributed by atoms with Crippen molar-refractivity contribution in [2.75, 3.05) is 6.61 Å². The molecule has 0 aromatic carbocycles. The summed E-state index contributed by atoms with van der Waals surface area (Å²) in [5.74, 6) is 1.52. The maximum absolute atomic E-state index is 10.6. The van der Waals surface area contributed by atoms with Gasteiger partial charge in [-0.05, 0) is 67.6 Å². The van der Waals surface area contributed by atoms with Crippen LogP contribution in [0.2, 0.25) is 0 Å². The first-order chi connectivity index (χ1) is 10.3. The topological polar surface area (TPSA) is 32.8 Å². The first-order valence-corrected chi connectivity index (χ1v) is 9.25. The molecule has 7 atom stereocenters. The molecule has 4 rings (SSSR count). The summed E-state index contributed by atoms with van der Waals surface area (Å²) in [6.07, 6.45) is 10.5. The van der Waals surface area contributed by atoms with E-state index in [2.05, 4.69) is 33.4 Å². The van der Waals surface area contributed by atoms with Gasteiger partial charge in [-0.3, -0.25) is 0 Å². The Kier molecular flexibility index (Phi) is 3.03. The maximum Gasteiger partial charge on any atom is 0.123 e. The second kappa shape index (κ2) is 4.39. The van der Waals surface area contributed by atoms with Gasteiger partial charge in [0.1, 0.15) is 5.60 Å². The quantitative estimate of drug-likeness (QED) is 0.578. The Morgan fingerprint density at radius 2 is 1.82 bits per heavy atom. The third kappa shape index (κ3) is 1.69. The van der Waals surface area contributed by atoms with E-state index < -0.39 is 0 Å². The van der Waals surface area contributed by atoms with Gasteiger partial charge in [0.2, 0.25) is 0 Å². The number of rotatable bonds is 1. The number of fused-ring (bicyclic) bond motifs is 4. The first-order valence-electron chi connectivity index (χ1n) is 9.25. The van der Waals surface area contributed by atoms with Crippen LogP contribution in [0.4, 0.5) is 0 Å². The highest BCUT2D eigenvalue weighted by Gasteiger charge is 2.72. The van der Waals surface area contributed by atoms with Gasteiger partial charge in [0, 0.05) is 5.41 Å². The van der Waals surface area contributed by atoms with E-state index in [0.717, 1.165) is 18.9 Å². The van der Waals surface area contributed by atoms with Crippen molar-refractivity contribution in [1.82, 2.24) is 0 Å². The number of epoxide rings is 1. The largest absolute Gasteiger partial charge is 0.390 e. The van der Waals surface area contributed by atoms with Crippen LogP contribution in [0.1, 0.15) is 65.7 Å². The molecule has 0 aromatic rings. The molecule has 22 heavy (non-hydrogen) atoms. The summed E-state index contributed by atoms with van der Waals surface area (Å²) in [5.41, 5.74) is 0.732. The summed E-state index contributed by atoms with van der Waals surface area (Å²) in [4.78, 5) is 0. The summed E-state index contributed by atoms with van der Waals surface area (Å²) in [7, 11) is 0. The van der Waals surface area contributed by atoms with Crippen molar-refractivity contribution in [2.24, 2.45) is 28.1 Å². The first kappa shape index (κ1) is 15.2. The zero-order valence-electron chi connectivity index (χ0n) is 14.5. The average molecular weight is 304 g/mol. The van der Waals surface area contributed by atoms with Crippen LogP contribution in [0.3, 0.4) is 0 Å². The van der Waals surface area contributed by atoms with Gasteiger partial charge in [0.05, 0.1) is 12.7 Å². The number of hydrogen-bond acceptors (Lipinski definition) is 2. The van der Waals surface area contributed by atoms with E-state index in [-0.39, 0.29) is 17.1 Å². The molecule has 2 heteroatoms. The van der Waals surface area contributed by atoms with Crippen LogP contribution in [-0.2, 0) is 4.74 Å².